The molecule has 0 spiro atoms. The number of fused-ring (bicyclic) bond motifs is 3. The Hall–Kier alpha value is -0.235. The van der Waals surface area contributed by atoms with Crippen LogP contribution in [0.5, 0.6) is 0 Å². The van der Waals surface area contributed by atoms with Gasteiger partial charge < -0.3 is 0 Å². The second-order valence-corrected chi connectivity index (χ2v) is 3.22. The van der Waals surface area contributed by atoms with E-state index in [2.05, 4.69) is 42.8 Å². The molecule has 58 valence electrons. The van der Waals surface area contributed by atoms with Gasteiger partial charge in [-0.2, -0.15) is 12.0 Å². The third-order valence-corrected chi connectivity index (χ3v) is 2.54. The molecule has 14 heavy (non-hydrogen) atoms. The molecule has 1 aromatic carbocycles. The molecule has 0 aromatic heterocycles. The Morgan fingerprint density at radius 2 is 1.71 bits per heavy atom. The summed E-state index contributed by atoms with van der Waals surface area (Å²) in [5, 5.41) is 0. The molecule has 0 bridgehead atoms. The van der Waals surface area contributed by atoms with E-state index in [4.69, 9.17) is 0 Å². The summed E-state index contributed by atoms with van der Waals surface area (Å²) in [6, 6.07) is 8.60. The summed E-state index contributed by atoms with van der Waals surface area (Å²) < 4.78 is 0. The summed E-state index contributed by atoms with van der Waals surface area (Å²) in [5.74, 6) is 0. The van der Waals surface area contributed by atoms with Gasteiger partial charge in [0, 0.05) is 0 Å². The Bertz CT molecular complexity index is 403. The fourth-order valence-electron chi connectivity index (χ4n) is 1.95. The van der Waals surface area contributed by atoms with Crippen molar-refractivity contribution in [3.8, 4) is 0 Å². The maximum absolute atomic E-state index is 2.30. The van der Waals surface area contributed by atoms with E-state index >= 15 is 0 Å². The zero-order valence-electron chi connectivity index (χ0n) is 8.75. The molecule has 1 aromatic rings. The third-order valence-electron chi connectivity index (χ3n) is 2.54. The molecule has 0 amide bonds. The zero-order chi connectivity index (χ0) is 7.97. The summed E-state index contributed by atoms with van der Waals surface area (Å²) >= 11 is 0. The van der Waals surface area contributed by atoms with Crippen molar-refractivity contribution < 1.29 is 37.7 Å². The van der Waals surface area contributed by atoms with E-state index in [1.165, 1.54) is 22.3 Å². The predicted octanol–water partition coefficient (Wildman–Crippen LogP) is -2.92. The first-order chi connectivity index (χ1) is 5.97. The normalized spacial score (nSPS) is 15.1. The largest absolute Gasteiger partial charge is 1.00 e. The number of hydrogen-bond acceptors (Lipinski definition) is 0. The van der Waals surface area contributed by atoms with E-state index in [0.29, 0.717) is 0 Å². The fourth-order valence-corrected chi connectivity index (χ4v) is 1.95. The van der Waals surface area contributed by atoms with Crippen molar-refractivity contribution in [2.75, 3.05) is 0 Å². The molecule has 0 aliphatic heterocycles. The standard InChI is InChI=1S/C12H9.2Li/c1-2-6-10-9(5-1)11-7-3-4-8-12(10)11;;/h1-3,5-8H,4H2;;/q-1;2*+1. The average Bonchev–Trinajstić information content (AvgIpc) is 2.14. The van der Waals surface area contributed by atoms with Crippen LogP contribution in [0.2, 0.25) is 0 Å². The van der Waals surface area contributed by atoms with E-state index in [1.807, 2.05) is 0 Å². The molecule has 3 rings (SSSR count). The summed E-state index contributed by atoms with van der Waals surface area (Å²) in [6.07, 6.45) is 7.84. The monoisotopic (exact) mass is 167 g/mol. The van der Waals surface area contributed by atoms with Gasteiger partial charge in [0.05, 0.1) is 0 Å². The molecule has 0 radical (unpaired) electrons. The van der Waals surface area contributed by atoms with Crippen molar-refractivity contribution >= 4 is 11.1 Å². The Kier molecular flexibility index (Phi) is 3.82. The Morgan fingerprint density at radius 3 is 2.50 bits per heavy atom. The Balaban J connectivity index is 0.000000490. The van der Waals surface area contributed by atoms with Gasteiger partial charge in [-0.3, -0.25) is 0 Å². The number of allylic oxidation sites excluding steroid dienone is 4. The molecule has 0 unspecified atom stereocenters. The van der Waals surface area contributed by atoms with Gasteiger partial charge in [-0.25, -0.2) is 0 Å². The molecule has 0 saturated carbocycles. The van der Waals surface area contributed by atoms with Crippen LogP contribution in [0, 0.1) is 6.42 Å². The van der Waals surface area contributed by atoms with Crippen LogP contribution in [-0.2, 0) is 0 Å². The topological polar surface area (TPSA) is 0 Å². The molecule has 0 atom stereocenters. The van der Waals surface area contributed by atoms with Crippen LogP contribution in [0.25, 0.3) is 11.1 Å². The first-order valence-corrected chi connectivity index (χ1v) is 4.30. The molecule has 0 heterocycles. The fraction of sp³-hybridized carbons (Fsp3) is 0.0833. The maximum atomic E-state index is 2.30. The van der Waals surface area contributed by atoms with Crippen LogP contribution in [0.4, 0.5) is 0 Å². The van der Waals surface area contributed by atoms with Crippen LogP contribution >= 0.6 is 0 Å². The zero-order valence-corrected chi connectivity index (χ0v) is 8.75. The molecule has 0 nitrogen and oxygen atoms in total. The van der Waals surface area contributed by atoms with E-state index in [1.54, 1.807) is 0 Å². The van der Waals surface area contributed by atoms with Crippen LogP contribution < -0.4 is 37.7 Å². The summed E-state index contributed by atoms with van der Waals surface area (Å²) in [4.78, 5) is 0. The second kappa shape index (κ2) is 4.52. The first kappa shape index (κ1) is 11.8. The predicted molar refractivity (Wildman–Crippen MR) is 51.3 cm³/mol. The van der Waals surface area contributed by atoms with Crippen molar-refractivity contribution in [1.29, 1.82) is 0 Å². The van der Waals surface area contributed by atoms with Gasteiger partial charge in [0.1, 0.15) is 0 Å². The summed E-state index contributed by atoms with van der Waals surface area (Å²) in [5.41, 5.74) is 5.72. The van der Waals surface area contributed by atoms with Gasteiger partial charge in [0.25, 0.3) is 0 Å². The molecule has 2 heteroatoms. The summed E-state index contributed by atoms with van der Waals surface area (Å²) in [6.45, 7) is 0. The van der Waals surface area contributed by atoms with Crippen molar-refractivity contribution in [2.45, 2.75) is 6.42 Å². The maximum Gasteiger partial charge on any atom is 1.00 e. The van der Waals surface area contributed by atoms with Crippen LogP contribution in [-0.4, -0.2) is 0 Å². The smallest absolute Gasteiger partial charge is 0.179 e. The minimum Gasteiger partial charge on any atom is -0.179 e. The van der Waals surface area contributed by atoms with Crippen molar-refractivity contribution in [3.05, 3.63) is 54.0 Å². The minimum absolute atomic E-state index is 0. The Labute approximate surface area is 109 Å². The number of benzene rings is 1. The number of hydrogen-bond donors (Lipinski definition) is 0. The van der Waals surface area contributed by atoms with E-state index < -0.39 is 0 Å². The SMILES string of the molecule is C1=CC2=C([CH-]C1)c1ccccc12.[Li+].[Li+]. The van der Waals surface area contributed by atoms with Crippen molar-refractivity contribution in [1.82, 2.24) is 0 Å². The van der Waals surface area contributed by atoms with Gasteiger partial charge in [0.2, 0.25) is 0 Å². The van der Waals surface area contributed by atoms with Crippen LogP contribution in [0.3, 0.4) is 0 Å². The van der Waals surface area contributed by atoms with E-state index in [0.717, 1.165) is 6.42 Å². The molecule has 0 fully saturated rings. The molecule has 2 aliphatic rings. The summed E-state index contributed by atoms with van der Waals surface area (Å²) in [7, 11) is 0. The van der Waals surface area contributed by atoms with Crippen LogP contribution in [0.1, 0.15) is 17.5 Å². The molecular formula is C12H9Li2+. The minimum atomic E-state index is 0. The third kappa shape index (κ3) is 1.54. The van der Waals surface area contributed by atoms with Crippen LogP contribution in [0.15, 0.2) is 36.4 Å². The molecule has 0 saturated heterocycles. The molecule has 2 aliphatic carbocycles. The second-order valence-electron chi connectivity index (χ2n) is 3.22. The van der Waals surface area contributed by atoms with Gasteiger partial charge >= 0.3 is 37.7 Å². The van der Waals surface area contributed by atoms with Crippen molar-refractivity contribution in [3.63, 3.8) is 0 Å². The first-order valence-electron chi connectivity index (χ1n) is 4.30. The van der Waals surface area contributed by atoms with Gasteiger partial charge in [-0.1, -0.05) is 24.6 Å². The van der Waals surface area contributed by atoms with Gasteiger partial charge in [-0.05, 0) is 0 Å². The van der Waals surface area contributed by atoms with Crippen molar-refractivity contribution in [2.24, 2.45) is 0 Å². The van der Waals surface area contributed by atoms with Gasteiger partial charge in [-0.15, -0.1) is 34.9 Å². The van der Waals surface area contributed by atoms with E-state index in [-0.39, 0.29) is 37.7 Å². The quantitative estimate of drug-likeness (QED) is 0.287. The number of rotatable bonds is 0. The average molecular weight is 167 g/mol. The Morgan fingerprint density at radius 1 is 1.00 bits per heavy atom. The molecule has 0 N–H and O–H groups in total. The van der Waals surface area contributed by atoms with E-state index in [9.17, 15) is 0 Å². The molecular weight excluding hydrogens is 158 g/mol. The van der Waals surface area contributed by atoms with Gasteiger partial charge in [0.15, 0.2) is 0 Å².